The van der Waals surface area contributed by atoms with Gasteiger partial charge in [0.05, 0.1) is 5.41 Å². The van der Waals surface area contributed by atoms with Gasteiger partial charge in [0.1, 0.15) is 0 Å². The molecule has 0 radical (unpaired) electrons. The predicted octanol–water partition coefficient (Wildman–Crippen LogP) is -1.27. The van der Waals surface area contributed by atoms with Gasteiger partial charge in [-0.1, -0.05) is 17.7 Å². The van der Waals surface area contributed by atoms with E-state index in [9.17, 15) is 24.6 Å². The monoisotopic (exact) mass is 236 g/mol. The van der Waals surface area contributed by atoms with Crippen LogP contribution >= 0.6 is 0 Å². The van der Waals surface area contributed by atoms with Crippen molar-refractivity contribution >= 4 is 17.7 Å². The van der Waals surface area contributed by atoms with Gasteiger partial charge < -0.3 is 19.8 Å². The van der Waals surface area contributed by atoms with Gasteiger partial charge in [-0.2, -0.15) is 0 Å². The first kappa shape index (κ1) is 13.2. The molecule has 1 aliphatic rings. The zero-order chi connectivity index (χ0) is 13.2. The van der Waals surface area contributed by atoms with Gasteiger partial charge in [-0.05, 0) is 19.4 Å². The second-order valence-corrected chi connectivity index (χ2v) is 4.21. The fourth-order valence-electron chi connectivity index (χ4n) is 2.04. The average Bonchev–Trinajstić information content (AvgIpc) is 2.19. The summed E-state index contributed by atoms with van der Waals surface area (Å²) in [5.74, 6) is -3.41. The maximum absolute atomic E-state index is 12.0. The number of allylic oxidation sites excluding steroid dienone is 4. The van der Waals surface area contributed by atoms with Crippen LogP contribution in [0.25, 0.3) is 0 Å². The third-order valence-corrected chi connectivity index (χ3v) is 3.02. The van der Waals surface area contributed by atoms with Gasteiger partial charge in [0.2, 0.25) is 0 Å². The zero-order valence-electron chi connectivity index (χ0n) is 9.61. The minimum Gasteiger partial charge on any atom is -0.550 e. The van der Waals surface area contributed by atoms with Crippen LogP contribution in [0.4, 0.5) is 0 Å². The first-order valence-corrected chi connectivity index (χ1v) is 5.10. The second-order valence-electron chi connectivity index (χ2n) is 4.21. The van der Waals surface area contributed by atoms with Crippen molar-refractivity contribution < 1.29 is 24.6 Å². The molecule has 0 saturated heterocycles. The van der Waals surface area contributed by atoms with E-state index in [0.29, 0.717) is 11.1 Å². The molecule has 0 aromatic heterocycles. The Hall–Kier alpha value is -1.91. The van der Waals surface area contributed by atoms with E-state index in [-0.39, 0.29) is 0 Å². The summed E-state index contributed by atoms with van der Waals surface area (Å²) in [5.41, 5.74) is -0.823. The number of carbonyl (C=O) groups excluding carboxylic acids is 3. The van der Waals surface area contributed by atoms with Crippen LogP contribution in [-0.4, -0.2) is 17.7 Å². The number of carboxylic acid groups (broad SMARTS) is 2. The summed E-state index contributed by atoms with van der Waals surface area (Å²) in [7, 11) is 0. The highest BCUT2D eigenvalue weighted by atomic mass is 16.4. The normalized spacial score (nSPS) is 18.4. The van der Waals surface area contributed by atoms with Crippen molar-refractivity contribution in [2.45, 2.75) is 26.7 Å². The standard InChI is InChI=1S/C12H14O5/c1-7-3-4-8(2)12(11(7)17,5-9(13)14)6-10(15)16/h3-4H,5-6H2,1-2H3,(H,13,14)(H,15,16)/p-2. The van der Waals surface area contributed by atoms with E-state index in [1.165, 1.54) is 13.8 Å². The molecule has 5 nitrogen and oxygen atoms in total. The topological polar surface area (TPSA) is 97.3 Å². The number of rotatable bonds is 4. The lowest BCUT2D eigenvalue weighted by Crippen LogP contribution is -2.44. The van der Waals surface area contributed by atoms with Crippen LogP contribution in [0.1, 0.15) is 26.7 Å². The number of carbonyl (C=O) groups is 3. The Morgan fingerprint density at radius 1 is 1.12 bits per heavy atom. The molecular formula is C12H12O5-2. The van der Waals surface area contributed by atoms with Crippen LogP contribution in [0.2, 0.25) is 0 Å². The van der Waals surface area contributed by atoms with E-state index in [0.717, 1.165) is 0 Å². The highest BCUT2D eigenvalue weighted by molar-refractivity contribution is 6.06. The fourth-order valence-corrected chi connectivity index (χ4v) is 2.04. The molecule has 1 rings (SSSR count). The molecule has 1 aliphatic carbocycles. The molecule has 5 heteroatoms. The van der Waals surface area contributed by atoms with Crippen molar-refractivity contribution in [2.24, 2.45) is 5.41 Å². The molecule has 0 aromatic rings. The third-order valence-electron chi connectivity index (χ3n) is 3.02. The molecule has 0 aliphatic heterocycles. The molecule has 0 bridgehead atoms. The summed E-state index contributed by atoms with van der Waals surface area (Å²) in [6.07, 6.45) is 1.81. The lowest BCUT2D eigenvalue weighted by atomic mass is 9.67. The molecule has 0 heterocycles. The van der Waals surface area contributed by atoms with Crippen molar-refractivity contribution in [1.82, 2.24) is 0 Å². The number of carboxylic acids is 2. The van der Waals surface area contributed by atoms with E-state index in [2.05, 4.69) is 0 Å². The summed E-state index contributed by atoms with van der Waals surface area (Å²) < 4.78 is 0. The Morgan fingerprint density at radius 2 is 1.59 bits per heavy atom. The smallest absolute Gasteiger partial charge is 0.169 e. The van der Waals surface area contributed by atoms with Crippen molar-refractivity contribution in [3.8, 4) is 0 Å². The quantitative estimate of drug-likeness (QED) is 0.606. The fraction of sp³-hybridized carbons (Fsp3) is 0.417. The van der Waals surface area contributed by atoms with Crippen LogP contribution in [0.5, 0.6) is 0 Å². The average molecular weight is 236 g/mol. The van der Waals surface area contributed by atoms with Gasteiger partial charge in [-0.25, -0.2) is 0 Å². The van der Waals surface area contributed by atoms with Crippen LogP contribution < -0.4 is 10.2 Å². The van der Waals surface area contributed by atoms with E-state index in [1.54, 1.807) is 12.2 Å². The summed E-state index contributed by atoms with van der Waals surface area (Å²) in [4.78, 5) is 33.5. The molecule has 0 spiro atoms. The Labute approximate surface area is 98.4 Å². The number of ketones is 1. The summed E-state index contributed by atoms with van der Waals surface area (Å²) in [6, 6.07) is 0. The number of hydrogen-bond acceptors (Lipinski definition) is 5. The lowest BCUT2D eigenvalue weighted by molar-refractivity contribution is -0.311. The molecule has 0 N–H and O–H groups in total. The zero-order valence-corrected chi connectivity index (χ0v) is 9.61. The molecule has 17 heavy (non-hydrogen) atoms. The molecule has 0 aromatic carbocycles. The highest BCUT2D eigenvalue weighted by Gasteiger charge is 2.41. The first-order chi connectivity index (χ1) is 7.79. The third kappa shape index (κ3) is 2.43. The molecule has 92 valence electrons. The van der Waals surface area contributed by atoms with Gasteiger partial charge in [-0.3, -0.25) is 4.79 Å². The molecule has 0 atom stereocenters. The lowest BCUT2D eigenvalue weighted by Gasteiger charge is -2.36. The van der Waals surface area contributed by atoms with Gasteiger partial charge in [0.15, 0.2) is 5.78 Å². The van der Waals surface area contributed by atoms with E-state index in [1.807, 2.05) is 0 Å². The van der Waals surface area contributed by atoms with Crippen LogP contribution in [-0.2, 0) is 14.4 Å². The van der Waals surface area contributed by atoms with Crippen molar-refractivity contribution in [1.29, 1.82) is 0 Å². The predicted molar refractivity (Wildman–Crippen MR) is 54.2 cm³/mol. The molecule has 0 saturated carbocycles. The molecule has 0 fully saturated rings. The highest BCUT2D eigenvalue weighted by Crippen LogP contribution is 2.40. The largest absolute Gasteiger partial charge is 0.550 e. The summed E-state index contributed by atoms with van der Waals surface area (Å²) >= 11 is 0. The maximum Gasteiger partial charge on any atom is 0.169 e. The van der Waals surface area contributed by atoms with Crippen molar-refractivity contribution in [2.75, 3.05) is 0 Å². The van der Waals surface area contributed by atoms with Crippen LogP contribution in [0.15, 0.2) is 23.3 Å². The minimum absolute atomic E-state index is 0.332. The number of hydrogen-bond donors (Lipinski definition) is 0. The number of aliphatic carboxylic acids is 2. The Bertz CT molecular complexity index is 422. The van der Waals surface area contributed by atoms with E-state index < -0.39 is 36.0 Å². The van der Waals surface area contributed by atoms with Crippen LogP contribution in [0.3, 0.4) is 0 Å². The first-order valence-electron chi connectivity index (χ1n) is 5.10. The SMILES string of the molecule is CC1=CC=C(C)C(CC(=O)[O-])(CC(=O)[O-])C1=O. The Morgan fingerprint density at radius 3 is 2.00 bits per heavy atom. The van der Waals surface area contributed by atoms with Gasteiger partial charge in [-0.15, -0.1) is 0 Å². The Kier molecular flexibility index (Phi) is 3.50. The minimum atomic E-state index is -1.56. The van der Waals surface area contributed by atoms with Gasteiger partial charge >= 0.3 is 0 Å². The van der Waals surface area contributed by atoms with Crippen molar-refractivity contribution in [3.63, 3.8) is 0 Å². The molecule has 0 unspecified atom stereocenters. The van der Waals surface area contributed by atoms with Crippen molar-refractivity contribution in [3.05, 3.63) is 23.3 Å². The maximum atomic E-state index is 12.0. The Balaban J connectivity index is 3.26. The molecular weight excluding hydrogens is 224 g/mol. The summed E-state index contributed by atoms with van der Waals surface area (Å²) in [6.45, 7) is 3.05. The van der Waals surface area contributed by atoms with E-state index in [4.69, 9.17) is 0 Å². The summed E-state index contributed by atoms with van der Waals surface area (Å²) in [5, 5.41) is 21.5. The second kappa shape index (κ2) is 4.53. The van der Waals surface area contributed by atoms with Crippen LogP contribution in [0, 0.1) is 5.41 Å². The molecule has 0 amide bonds. The van der Waals surface area contributed by atoms with Gasteiger partial charge in [0, 0.05) is 24.8 Å². The number of Topliss-reactive ketones (excluding diaryl/α,β-unsaturated/α-hetero) is 1. The van der Waals surface area contributed by atoms with E-state index >= 15 is 0 Å². The van der Waals surface area contributed by atoms with Gasteiger partial charge in [0.25, 0.3) is 0 Å².